The molecule has 2 N–H and O–H groups in total. The Balaban J connectivity index is 2.58. The molecule has 3 atom stereocenters. The maximum absolute atomic E-state index is 9.75. The molecule has 0 saturated carbocycles. The molecule has 2 rings (SSSR count). The summed E-state index contributed by atoms with van der Waals surface area (Å²) in [7, 11) is -8.65. The Morgan fingerprint density at radius 1 is 0.652 bits per heavy atom. The zero-order valence-corrected chi connectivity index (χ0v) is 34.2. The van der Waals surface area contributed by atoms with Gasteiger partial charge in [0.1, 0.15) is 0 Å². The van der Waals surface area contributed by atoms with Crippen molar-refractivity contribution in [2.75, 3.05) is 6.61 Å². The summed E-state index contributed by atoms with van der Waals surface area (Å²) in [5, 5.41) is 21.9. The molecule has 0 bridgehead atoms. The van der Waals surface area contributed by atoms with Crippen LogP contribution >= 0.6 is 0 Å². The molecule has 2 aromatic carbocycles. The predicted molar refractivity (Wildman–Crippen MR) is 205 cm³/mol. The van der Waals surface area contributed by atoms with E-state index in [9.17, 15) is 10.0 Å². The Labute approximate surface area is 285 Å². The van der Waals surface area contributed by atoms with Crippen LogP contribution in [-0.4, -0.2) is 60.9 Å². The van der Waals surface area contributed by atoms with Gasteiger partial charge in [-0.25, -0.2) is 0 Å². The molecule has 0 aliphatic rings. The molecular weight excluding hydrogens is 619 g/mol. The van der Waals surface area contributed by atoms with Gasteiger partial charge < -0.3 is 23.3 Å². The average Bonchev–Trinajstić information content (AvgIpc) is 2.93. The van der Waals surface area contributed by atoms with Gasteiger partial charge in [0.15, 0.2) is 16.6 Å². The Kier molecular flexibility index (Phi) is 13.9. The van der Waals surface area contributed by atoms with Gasteiger partial charge in [-0.05, 0) is 51.7 Å². The van der Waals surface area contributed by atoms with E-state index in [-0.39, 0.29) is 33.2 Å². The minimum absolute atomic E-state index is 0.00804. The van der Waals surface area contributed by atoms with Crippen molar-refractivity contribution in [2.45, 2.75) is 123 Å². The fraction of sp³-hybridized carbons (Fsp3) is 0.568. The van der Waals surface area contributed by atoms with Gasteiger partial charge in [-0.15, -0.1) is 0 Å². The van der Waals surface area contributed by atoms with E-state index in [0.717, 1.165) is 0 Å². The molecule has 0 aromatic heterocycles. The van der Waals surface area contributed by atoms with Crippen LogP contribution in [0.1, 0.15) is 69.2 Å². The Hall–Kier alpha value is -1.56. The van der Waals surface area contributed by atoms with Gasteiger partial charge in [-0.1, -0.05) is 154 Å². The first-order valence-corrected chi connectivity index (χ1v) is 24.5. The van der Waals surface area contributed by atoms with Crippen molar-refractivity contribution in [3.8, 4) is 0 Å². The molecule has 2 aromatic rings. The molecule has 9 heteroatoms. The SMILES string of the molecule is C[C@H]([C@H](/C=C/CO[Si](c1ccccc1)(c1ccccc1)C(C)(C)C)O[Si](C)(C)C(C)(C)C)[C@@H](/C=C/B(O)O)O[Si](C)(C)C(C)(C)C. The maximum Gasteiger partial charge on any atom is 0.480 e. The van der Waals surface area contributed by atoms with Crippen LogP contribution < -0.4 is 10.4 Å². The average molecular weight is 683 g/mol. The van der Waals surface area contributed by atoms with Crippen LogP contribution in [0.3, 0.4) is 0 Å². The third-order valence-corrected chi connectivity index (χ3v) is 24.1. The molecule has 46 heavy (non-hydrogen) atoms. The van der Waals surface area contributed by atoms with Crippen molar-refractivity contribution >= 4 is 42.4 Å². The summed E-state index contributed by atoms with van der Waals surface area (Å²) in [6.45, 7) is 31.9. The lowest BCUT2D eigenvalue weighted by molar-refractivity contribution is 0.0833. The fourth-order valence-electron chi connectivity index (χ4n) is 5.20. The second-order valence-corrected chi connectivity index (χ2v) is 30.6. The largest absolute Gasteiger partial charge is 0.480 e. The van der Waals surface area contributed by atoms with Gasteiger partial charge in [0.05, 0.1) is 18.8 Å². The van der Waals surface area contributed by atoms with Crippen LogP contribution in [0.25, 0.3) is 0 Å². The summed E-state index contributed by atoms with van der Waals surface area (Å²) in [6, 6.07) is 21.4. The molecule has 256 valence electrons. The molecule has 0 fully saturated rings. The Bertz CT molecular complexity index is 1220. The smallest absolute Gasteiger partial charge is 0.424 e. The minimum atomic E-state index is -2.69. The normalized spacial score (nSPS) is 16.2. The monoisotopic (exact) mass is 682 g/mol. The van der Waals surface area contributed by atoms with Crippen molar-refractivity contribution in [1.29, 1.82) is 0 Å². The standard InChI is InChI=1S/C37H63BO5Si3/c1-30(34(27-28-38(39)40)43-45(13,14)36(5,6)7)33(42-44(11,12)35(2,3)4)26-21-29-41-46(37(8,9)10,31-22-17-15-18-23-31)32-24-19-16-20-25-32/h15-28,30,33-34,39-40H,29H2,1-14H3/b26-21+,28-27+/t30-,33+,34-/m1/s1. The lowest BCUT2D eigenvalue weighted by atomic mass is 9.88. The molecule has 0 radical (unpaired) electrons. The van der Waals surface area contributed by atoms with E-state index in [1.807, 2.05) is 6.08 Å². The summed E-state index contributed by atoms with van der Waals surface area (Å²) in [6.07, 6.45) is 5.47. The summed E-state index contributed by atoms with van der Waals surface area (Å²) < 4.78 is 21.2. The van der Waals surface area contributed by atoms with Crippen LogP contribution in [0.4, 0.5) is 0 Å². The molecule has 0 aliphatic carbocycles. The topological polar surface area (TPSA) is 68.2 Å². The highest BCUT2D eigenvalue weighted by Gasteiger charge is 2.50. The van der Waals surface area contributed by atoms with Gasteiger partial charge >= 0.3 is 7.12 Å². The molecular formula is C37H63BO5Si3. The molecule has 0 amide bonds. The highest BCUT2D eigenvalue weighted by atomic mass is 28.4. The Morgan fingerprint density at radius 3 is 1.39 bits per heavy atom. The first-order valence-electron chi connectivity index (χ1n) is 16.8. The molecule has 0 unspecified atom stereocenters. The van der Waals surface area contributed by atoms with Crippen molar-refractivity contribution in [2.24, 2.45) is 5.92 Å². The predicted octanol–water partition coefficient (Wildman–Crippen LogP) is 8.10. The van der Waals surface area contributed by atoms with E-state index in [4.69, 9.17) is 13.3 Å². The van der Waals surface area contributed by atoms with E-state index in [1.165, 1.54) is 16.3 Å². The summed E-state index contributed by atoms with van der Waals surface area (Å²) >= 11 is 0. The first-order chi connectivity index (χ1) is 21.0. The van der Waals surface area contributed by atoms with Crippen molar-refractivity contribution in [3.05, 3.63) is 84.9 Å². The highest BCUT2D eigenvalue weighted by Crippen LogP contribution is 2.41. The maximum atomic E-state index is 9.75. The van der Waals surface area contributed by atoms with Gasteiger partial charge in [0.2, 0.25) is 0 Å². The van der Waals surface area contributed by atoms with Gasteiger partial charge in [0, 0.05) is 5.92 Å². The second-order valence-electron chi connectivity index (χ2n) is 16.7. The molecule has 0 aliphatic heterocycles. The highest BCUT2D eigenvalue weighted by molar-refractivity contribution is 6.99. The lowest BCUT2D eigenvalue weighted by Gasteiger charge is -2.44. The number of hydrogen-bond acceptors (Lipinski definition) is 5. The van der Waals surface area contributed by atoms with Crippen LogP contribution in [0.15, 0.2) is 84.9 Å². The van der Waals surface area contributed by atoms with Crippen LogP contribution in [0.5, 0.6) is 0 Å². The van der Waals surface area contributed by atoms with E-state index in [0.29, 0.717) is 6.61 Å². The molecule has 0 saturated heterocycles. The summed E-state index contributed by atoms with van der Waals surface area (Å²) in [4.78, 5) is 0. The fourth-order valence-corrected chi connectivity index (χ4v) is 12.4. The van der Waals surface area contributed by atoms with Crippen molar-refractivity contribution in [3.63, 3.8) is 0 Å². The summed E-state index contributed by atoms with van der Waals surface area (Å²) in [5.74, 6) is 1.32. The van der Waals surface area contributed by atoms with E-state index < -0.39 is 32.1 Å². The number of hydrogen-bond donors (Lipinski definition) is 2. The van der Waals surface area contributed by atoms with E-state index >= 15 is 0 Å². The van der Waals surface area contributed by atoms with E-state index in [2.05, 4.69) is 168 Å². The van der Waals surface area contributed by atoms with E-state index in [1.54, 1.807) is 0 Å². The quantitative estimate of drug-likeness (QED) is 0.156. The number of benzene rings is 2. The first kappa shape index (κ1) is 40.6. The third-order valence-electron chi connectivity index (χ3n) is 10.1. The van der Waals surface area contributed by atoms with Gasteiger partial charge in [0.25, 0.3) is 8.32 Å². The van der Waals surface area contributed by atoms with Crippen molar-refractivity contribution < 1.29 is 23.3 Å². The minimum Gasteiger partial charge on any atom is -0.424 e. The molecule has 0 heterocycles. The van der Waals surface area contributed by atoms with Crippen LogP contribution in [-0.2, 0) is 13.3 Å². The van der Waals surface area contributed by atoms with Gasteiger partial charge in [-0.2, -0.15) is 0 Å². The van der Waals surface area contributed by atoms with Gasteiger partial charge in [-0.3, -0.25) is 0 Å². The van der Waals surface area contributed by atoms with Crippen LogP contribution in [0, 0.1) is 5.92 Å². The zero-order chi connectivity index (χ0) is 35.2. The second kappa shape index (κ2) is 15.8. The molecule has 5 nitrogen and oxygen atoms in total. The van der Waals surface area contributed by atoms with Crippen molar-refractivity contribution in [1.82, 2.24) is 0 Å². The lowest BCUT2D eigenvalue weighted by Crippen LogP contribution is -2.66. The van der Waals surface area contributed by atoms with Crippen LogP contribution in [0.2, 0.25) is 41.3 Å². The number of rotatable bonds is 14. The zero-order valence-electron chi connectivity index (χ0n) is 31.2. The third kappa shape index (κ3) is 10.2. The Morgan fingerprint density at radius 2 is 1.04 bits per heavy atom. The molecule has 0 spiro atoms. The summed E-state index contributed by atoms with van der Waals surface area (Å²) in [5.41, 5.74) is 0.